The molecule has 0 atom stereocenters. The summed E-state index contributed by atoms with van der Waals surface area (Å²) in [6.07, 6.45) is 0.910. The van der Waals surface area contributed by atoms with Gasteiger partial charge in [-0.3, -0.25) is 13.9 Å². The number of halogens is 1. The van der Waals surface area contributed by atoms with E-state index in [2.05, 4.69) is 29.8 Å². The summed E-state index contributed by atoms with van der Waals surface area (Å²) >= 11 is 3.55. The molecule has 0 fully saturated rings. The SMILES string of the molecule is Cc1nc2c(c(=O)n1CCC(C)C)c1nc3ccccc3nc1n2-c1cccc(Br)c1. The zero-order chi connectivity index (χ0) is 21.7. The maximum absolute atomic E-state index is 13.7. The van der Waals surface area contributed by atoms with E-state index in [1.165, 1.54) is 0 Å². The van der Waals surface area contributed by atoms with Gasteiger partial charge in [-0.05, 0) is 49.6 Å². The first-order chi connectivity index (χ1) is 14.9. The van der Waals surface area contributed by atoms with E-state index in [0.717, 1.165) is 27.6 Å². The van der Waals surface area contributed by atoms with Crippen LogP contribution in [0.2, 0.25) is 0 Å². The number of para-hydroxylation sites is 2. The van der Waals surface area contributed by atoms with Crippen molar-refractivity contribution in [3.05, 3.63) is 69.2 Å². The molecule has 3 aromatic heterocycles. The van der Waals surface area contributed by atoms with Crippen molar-refractivity contribution in [3.63, 3.8) is 0 Å². The third-order valence-corrected chi connectivity index (χ3v) is 6.04. The Hall–Kier alpha value is -3.06. The molecule has 0 amide bonds. The van der Waals surface area contributed by atoms with Crippen molar-refractivity contribution in [1.82, 2.24) is 24.1 Å². The Morgan fingerprint density at radius 1 is 0.968 bits per heavy atom. The molecule has 3 heterocycles. The van der Waals surface area contributed by atoms with Gasteiger partial charge in [0.25, 0.3) is 5.56 Å². The lowest BCUT2D eigenvalue weighted by Crippen LogP contribution is -2.24. The van der Waals surface area contributed by atoms with E-state index in [9.17, 15) is 4.79 Å². The van der Waals surface area contributed by atoms with Crippen LogP contribution in [0.25, 0.3) is 38.9 Å². The van der Waals surface area contributed by atoms with E-state index >= 15 is 0 Å². The lowest BCUT2D eigenvalue weighted by atomic mass is 10.1. The van der Waals surface area contributed by atoms with Gasteiger partial charge in [0.05, 0.1) is 16.7 Å². The van der Waals surface area contributed by atoms with Gasteiger partial charge in [-0.2, -0.15) is 0 Å². The van der Waals surface area contributed by atoms with Crippen LogP contribution in [0.1, 0.15) is 26.1 Å². The maximum Gasteiger partial charge on any atom is 0.265 e. The van der Waals surface area contributed by atoms with E-state index < -0.39 is 0 Å². The molecule has 5 rings (SSSR count). The summed E-state index contributed by atoms with van der Waals surface area (Å²) in [5.74, 6) is 1.19. The predicted molar refractivity (Wildman–Crippen MR) is 128 cm³/mol. The molecule has 0 saturated heterocycles. The van der Waals surface area contributed by atoms with Crippen molar-refractivity contribution >= 4 is 49.2 Å². The number of benzene rings is 2. The van der Waals surface area contributed by atoms with Crippen molar-refractivity contribution in [2.75, 3.05) is 0 Å². The minimum absolute atomic E-state index is 0.0634. The third-order valence-electron chi connectivity index (χ3n) is 5.55. The first-order valence-corrected chi connectivity index (χ1v) is 11.2. The monoisotopic (exact) mass is 475 g/mol. The number of nitrogens with zero attached hydrogens (tertiary/aromatic N) is 5. The summed E-state index contributed by atoms with van der Waals surface area (Å²) in [4.78, 5) is 28.3. The van der Waals surface area contributed by atoms with Crippen molar-refractivity contribution in [1.29, 1.82) is 0 Å². The maximum atomic E-state index is 13.7. The third kappa shape index (κ3) is 3.33. The molecule has 6 nitrogen and oxygen atoms in total. The first-order valence-electron chi connectivity index (χ1n) is 10.4. The Kier molecular flexibility index (Phi) is 4.85. The number of rotatable bonds is 4. The summed E-state index contributed by atoms with van der Waals surface area (Å²) in [5.41, 5.74) is 4.17. The molecule has 0 radical (unpaired) electrons. The van der Waals surface area contributed by atoms with Crippen LogP contribution in [-0.4, -0.2) is 24.1 Å². The second-order valence-electron chi connectivity index (χ2n) is 8.20. The second kappa shape index (κ2) is 7.57. The molecule has 2 aromatic carbocycles. The van der Waals surface area contributed by atoms with Crippen LogP contribution >= 0.6 is 15.9 Å². The highest BCUT2D eigenvalue weighted by Gasteiger charge is 2.22. The molecule has 0 unspecified atom stereocenters. The van der Waals surface area contributed by atoms with Crippen LogP contribution < -0.4 is 5.56 Å². The van der Waals surface area contributed by atoms with Gasteiger partial charge in [0.15, 0.2) is 11.3 Å². The lowest BCUT2D eigenvalue weighted by molar-refractivity contribution is 0.498. The minimum atomic E-state index is -0.0634. The van der Waals surface area contributed by atoms with Crippen LogP contribution in [0, 0.1) is 12.8 Å². The first kappa shape index (κ1) is 19.9. The van der Waals surface area contributed by atoms with Gasteiger partial charge in [0.2, 0.25) is 0 Å². The van der Waals surface area contributed by atoms with E-state index in [1.807, 2.05) is 60.0 Å². The zero-order valence-corrected chi connectivity index (χ0v) is 19.2. The van der Waals surface area contributed by atoms with Gasteiger partial charge in [0, 0.05) is 11.0 Å². The molecule has 0 bridgehead atoms. The molecular weight excluding hydrogens is 454 g/mol. The van der Waals surface area contributed by atoms with Crippen molar-refractivity contribution in [3.8, 4) is 5.69 Å². The van der Waals surface area contributed by atoms with Crippen LogP contribution in [0.4, 0.5) is 0 Å². The molecular formula is C24H22BrN5O. The lowest BCUT2D eigenvalue weighted by Gasteiger charge is -2.12. The molecule has 0 N–H and O–H groups in total. The minimum Gasteiger partial charge on any atom is -0.296 e. The normalized spacial score (nSPS) is 11.9. The van der Waals surface area contributed by atoms with Gasteiger partial charge >= 0.3 is 0 Å². The Bertz CT molecular complexity index is 1520. The van der Waals surface area contributed by atoms with Crippen molar-refractivity contribution in [2.24, 2.45) is 5.92 Å². The zero-order valence-electron chi connectivity index (χ0n) is 17.6. The van der Waals surface area contributed by atoms with E-state index in [4.69, 9.17) is 15.0 Å². The quantitative estimate of drug-likeness (QED) is 0.349. The fourth-order valence-electron chi connectivity index (χ4n) is 3.94. The number of fused-ring (bicyclic) bond motifs is 4. The molecule has 5 aromatic rings. The topological polar surface area (TPSA) is 65.6 Å². The number of hydrogen-bond donors (Lipinski definition) is 0. The molecule has 156 valence electrons. The molecule has 0 aliphatic rings. The molecule has 0 saturated carbocycles. The Morgan fingerprint density at radius 2 is 1.71 bits per heavy atom. The highest BCUT2D eigenvalue weighted by atomic mass is 79.9. The summed E-state index contributed by atoms with van der Waals surface area (Å²) in [7, 11) is 0. The van der Waals surface area contributed by atoms with Crippen LogP contribution in [0.5, 0.6) is 0 Å². The van der Waals surface area contributed by atoms with E-state index in [0.29, 0.717) is 40.5 Å². The highest BCUT2D eigenvalue weighted by molar-refractivity contribution is 9.10. The molecule has 0 aliphatic heterocycles. The standard InChI is InChI=1S/C24H22BrN5O/c1-14(2)11-12-29-15(3)26-22-20(24(29)31)21-23(28-19-10-5-4-9-18(19)27-21)30(22)17-8-6-7-16(25)13-17/h4-10,13-14H,11-12H2,1-3H3. The van der Waals surface area contributed by atoms with Gasteiger partial charge in [-0.15, -0.1) is 0 Å². The predicted octanol–water partition coefficient (Wildman–Crippen LogP) is 5.40. The average molecular weight is 476 g/mol. The summed E-state index contributed by atoms with van der Waals surface area (Å²) in [6, 6.07) is 15.6. The van der Waals surface area contributed by atoms with E-state index in [1.54, 1.807) is 4.57 Å². The van der Waals surface area contributed by atoms with E-state index in [-0.39, 0.29) is 5.56 Å². The van der Waals surface area contributed by atoms with Crippen molar-refractivity contribution < 1.29 is 0 Å². The molecule has 7 heteroatoms. The highest BCUT2D eigenvalue weighted by Crippen LogP contribution is 2.29. The van der Waals surface area contributed by atoms with Gasteiger partial charge in [-0.1, -0.05) is 48.0 Å². The fraction of sp³-hybridized carbons (Fsp3) is 0.250. The smallest absolute Gasteiger partial charge is 0.265 e. The van der Waals surface area contributed by atoms with Crippen molar-refractivity contribution in [2.45, 2.75) is 33.7 Å². The molecule has 0 aliphatic carbocycles. The van der Waals surface area contributed by atoms with Gasteiger partial charge < -0.3 is 0 Å². The van der Waals surface area contributed by atoms with Crippen LogP contribution in [-0.2, 0) is 6.54 Å². The number of aromatic nitrogens is 5. The molecule has 0 spiro atoms. The van der Waals surface area contributed by atoms with Gasteiger partial charge in [0.1, 0.15) is 16.7 Å². The Balaban J connectivity index is 1.94. The Labute approximate surface area is 187 Å². The largest absolute Gasteiger partial charge is 0.296 e. The second-order valence-corrected chi connectivity index (χ2v) is 9.11. The summed E-state index contributed by atoms with van der Waals surface area (Å²) in [6.45, 7) is 6.84. The summed E-state index contributed by atoms with van der Waals surface area (Å²) in [5, 5.41) is 0.516. The molecule has 31 heavy (non-hydrogen) atoms. The number of aryl methyl sites for hydroxylation is 1. The average Bonchev–Trinajstić information content (AvgIpc) is 3.04. The van der Waals surface area contributed by atoms with Crippen LogP contribution in [0.3, 0.4) is 0 Å². The number of hydrogen-bond acceptors (Lipinski definition) is 4. The van der Waals surface area contributed by atoms with Gasteiger partial charge in [-0.25, -0.2) is 15.0 Å². The van der Waals surface area contributed by atoms with Crippen LogP contribution in [0.15, 0.2) is 57.8 Å². The summed E-state index contributed by atoms with van der Waals surface area (Å²) < 4.78 is 4.65. The fourth-order valence-corrected chi connectivity index (χ4v) is 4.33. The Morgan fingerprint density at radius 3 is 2.42 bits per heavy atom.